The first-order chi connectivity index (χ1) is 14.6. The SMILES string of the molecule is Cc1cnc(C2CC3Cc4[nH]ncc4C(C2)N3S(=O)(=O)c2ccc(C(F)(F)F)nc2)s1. The van der Waals surface area contributed by atoms with E-state index in [0.29, 0.717) is 25.3 Å². The van der Waals surface area contributed by atoms with Gasteiger partial charge in [-0.2, -0.15) is 22.6 Å². The summed E-state index contributed by atoms with van der Waals surface area (Å²) in [6.45, 7) is 1.98. The van der Waals surface area contributed by atoms with Gasteiger partial charge in [-0.1, -0.05) is 0 Å². The van der Waals surface area contributed by atoms with E-state index in [1.807, 2.05) is 13.1 Å². The standard InChI is InChI=1S/C19H18F3N5O2S2/c1-10-7-24-18(30-10)11-4-12-6-15-14(9-25-26-15)16(5-11)27(12)31(28,29)13-2-3-17(23-8-13)19(20,21)22/h2-3,7-9,11-12,16H,4-6H2,1H3,(H,25,26). The third-order valence-corrected chi connectivity index (χ3v) is 8.89. The van der Waals surface area contributed by atoms with Gasteiger partial charge in [0.15, 0.2) is 0 Å². The van der Waals surface area contributed by atoms with Crippen LogP contribution in [0.15, 0.2) is 35.6 Å². The number of alkyl halides is 3. The average Bonchev–Trinajstić information content (AvgIpc) is 3.35. The van der Waals surface area contributed by atoms with Gasteiger partial charge in [0.05, 0.1) is 17.2 Å². The summed E-state index contributed by atoms with van der Waals surface area (Å²) >= 11 is 1.61. The van der Waals surface area contributed by atoms with Crippen LogP contribution in [0.5, 0.6) is 0 Å². The summed E-state index contributed by atoms with van der Waals surface area (Å²) in [5.41, 5.74) is 0.583. The number of piperidine rings is 1. The van der Waals surface area contributed by atoms with Crippen LogP contribution >= 0.6 is 11.3 Å². The van der Waals surface area contributed by atoms with E-state index in [9.17, 15) is 21.6 Å². The third-order valence-electron chi connectivity index (χ3n) is 5.87. The third kappa shape index (κ3) is 3.46. The lowest BCUT2D eigenvalue weighted by molar-refractivity contribution is -0.141. The molecule has 0 amide bonds. The molecule has 2 aliphatic heterocycles. The Bertz CT molecular complexity index is 1220. The number of fused-ring (bicyclic) bond motifs is 4. The van der Waals surface area contributed by atoms with Gasteiger partial charge in [-0.3, -0.25) is 10.1 Å². The van der Waals surface area contributed by atoms with Crippen molar-refractivity contribution >= 4 is 21.4 Å². The Morgan fingerprint density at radius 2 is 1.97 bits per heavy atom. The number of halogens is 3. The molecule has 164 valence electrons. The molecule has 0 radical (unpaired) electrons. The fourth-order valence-corrected chi connectivity index (χ4v) is 7.21. The minimum Gasteiger partial charge on any atom is -0.282 e. The zero-order valence-corrected chi connectivity index (χ0v) is 17.9. The summed E-state index contributed by atoms with van der Waals surface area (Å²) < 4.78 is 67.0. The lowest BCUT2D eigenvalue weighted by Crippen LogP contribution is -2.51. The average molecular weight is 470 g/mol. The van der Waals surface area contributed by atoms with Crippen LogP contribution in [0.1, 0.15) is 51.6 Å². The maximum absolute atomic E-state index is 13.5. The molecule has 12 heteroatoms. The van der Waals surface area contributed by atoms with Crippen molar-refractivity contribution in [2.45, 2.75) is 55.3 Å². The molecule has 5 heterocycles. The summed E-state index contributed by atoms with van der Waals surface area (Å²) in [5, 5.41) is 8.04. The molecule has 2 aliphatic rings. The van der Waals surface area contributed by atoms with Gasteiger partial charge in [-0.15, -0.1) is 11.3 Å². The number of thiazole rings is 1. The van der Waals surface area contributed by atoms with Crippen LogP contribution in [-0.4, -0.2) is 38.9 Å². The molecule has 3 aromatic heterocycles. The van der Waals surface area contributed by atoms with Gasteiger partial charge in [-0.05, 0) is 31.9 Å². The Hall–Kier alpha value is -2.31. The molecule has 3 aromatic rings. The fourth-order valence-electron chi connectivity index (χ4n) is 4.55. The maximum atomic E-state index is 13.5. The van der Waals surface area contributed by atoms with E-state index in [1.54, 1.807) is 17.5 Å². The second-order valence-corrected chi connectivity index (χ2v) is 11.0. The molecule has 0 spiro atoms. The lowest BCUT2D eigenvalue weighted by Gasteiger charge is -2.46. The van der Waals surface area contributed by atoms with Crippen LogP contribution in [0.4, 0.5) is 13.2 Å². The molecular formula is C19H18F3N5O2S2. The first kappa shape index (κ1) is 20.6. The molecule has 5 rings (SSSR count). The quantitative estimate of drug-likeness (QED) is 0.630. The van der Waals surface area contributed by atoms with Crippen LogP contribution in [0.2, 0.25) is 0 Å². The van der Waals surface area contributed by atoms with Gasteiger partial charge in [0, 0.05) is 46.9 Å². The largest absolute Gasteiger partial charge is 0.433 e. The first-order valence-corrected chi connectivity index (χ1v) is 11.9. The Morgan fingerprint density at radius 3 is 2.61 bits per heavy atom. The summed E-state index contributed by atoms with van der Waals surface area (Å²) in [6, 6.07) is 0.862. The zero-order valence-electron chi connectivity index (χ0n) is 16.3. The zero-order chi connectivity index (χ0) is 22.0. The van der Waals surface area contributed by atoms with E-state index in [1.165, 1.54) is 4.31 Å². The normalized spacial score (nSPS) is 24.2. The molecule has 2 bridgehead atoms. The fraction of sp³-hybridized carbons (Fsp3) is 0.421. The minimum absolute atomic E-state index is 0.105. The highest BCUT2D eigenvalue weighted by Crippen LogP contribution is 2.49. The topological polar surface area (TPSA) is 91.8 Å². The predicted octanol–water partition coefficient (Wildman–Crippen LogP) is 3.82. The van der Waals surface area contributed by atoms with E-state index >= 15 is 0 Å². The Balaban J connectivity index is 1.53. The van der Waals surface area contributed by atoms with Gasteiger partial charge in [0.25, 0.3) is 0 Å². The highest BCUT2D eigenvalue weighted by atomic mass is 32.2. The highest BCUT2D eigenvalue weighted by molar-refractivity contribution is 7.89. The van der Waals surface area contributed by atoms with Gasteiger partial charge in [0.2, 0.25) is 10.0 Å². The van der Waals surface area contributed by atoms with E-state index in [4.69, 9.17) is 0 Å². The molecule has 7 nitrogen and oxygen atoms in total. The number of pyridine rings is 1. The molecule has 1 saturated heterocycles. The van der Waals surface area contributed by atoms with E-state index in [0.717, 1.165) is 33.4 Å². The predicted molar refractivity (Wildman–Crippen MR) is 106 cm³/mol. The summed E-state index contributed by atoms with van der Waals surface area (Å²) in [6.07, 6.45) is 1.18. The Morgan fingerprint density at radius 1 is 1.16 bits per heavy atom. The van der Waals surface area contributed by atoms with Crippen LogP contribution in [0, 0.1) is 6.92 Å². The minimum atomic E-state index is -4.63. The molecule has 31 heavy (non-hydrogen) atoms. The summed E-state index contributed by atoms with van der Waals surface area (Å²) in [7, 11) is -4.06. The molecule has 3 atom stereocenters. The van der Waals surface area contributed by atoms with Gasteiger partial charge in [0.1, 0.15) is 10.6 Å². The van der Waals surface area contributed by atoms with Crippen molar-refractivity contribution in [2.75, 3.05) is 0 Å². The number of aromatic nitrogens is 4. The van der Waals surface area contributed by atoms with Crippen LogP contribution in [0.3, 0.4) is 0 Å². The van der Waals surface area contributed by atoms with Crippen molar-refractivity contribution < 1.29 is 21.6 Å². The van der Waals surface area contributed by atoms with Gasteiger partial charge < -0.3 is 0 Å². The number of aromatic amines is 1. The van der Waals surface area contributed by atoms with Crippen molar-refractivity contribution in [1.82, 2.24) is 24.5 Å². The second-order valence-electron chi connectivity index (χ2n) is 7.87. The van der Waals surface area contributed by atoms with E-state index in [2.05, 4.69) is 20.2 Å². The monoisotopic (exact) mass is 469 g/mol. The van der Waals surface area contributed by atoms with Crippen molar-refractivity contribution in [1.29, 1.82) is 0 Å². The molecule has 1 fully saturated rings. The van der Waals surface area contributed by atoms with Crippen molar-refractivity contribution in [3.05, 3.63) is 57.6 Å². The number of hydrogen-bond acceptors (Lipinski definition) is 6. The van der Waals surface area contributed by atoms with Crippen LogP contribution < -0.4 is 0 Å². The van der Waals surface area contributed by atoms with Crippen LogP contribution in [0.25, 0.3) is 0 Å². The van der Waals surface area contributed by atoms with Crippen LogP contribution in [-0.2, 0) is 22.6 Å². The number of sulfonamides is 1. The van der Waals surface area contributed by atoms with Crippen molar-refractivity contribution in [3.8, 4) is 0 Å². The Kier molecular flexibility index (Phi) is 4.72. The molecule has 0 aromatic carbocycles. The lowest BCUT2D eigenvalue weighted by atomic mass is 9.79. The van der Waals surface area contributed by atoms with E-state index < -0.39 is 27.9 Å². The summed E-state index contributed by atoms with van der Waals surface area (Å²) in [4.78, 5) is 8.69. The second kappa shape index (κ2) is 7.10. The highest BCUT2D eigenvalue weighted by Gasteiger charge is 2.49. The molecule has 0 aliphatic carbocycles. The number of nitrogens with zero attached hydrogens (tertiary/aromatic N) is 4. The first-order valence-electron chi connectivity index (χ1n) is 9.66. The number of hydrogen-bond donors (Lipinski definition) is 1. The molecule has 0 saturated carbocycles. The van der Waals surface area contributed by atoms with Gasteiger partial charge in [-0.25, -0.2) is 13.4 Å². The van der Waals surface area contributed by atoms with E-state index in [-0.39, 0.29) is 16.9 Å². The smallest absolute Gasteiger partial charge is 0.282 e. The maximum Gasteiger partial charge on any atom is 0.433 e. The summed E-state index contributed by atoms with van der Waals surface area (Å²) in [5.74, 6) is 0.105. The molecular weight excluding hydrogens is 451 g/mol. The van der Waals surface area contributed by atoms with Crippen molar-refractivity contribution in [2.24, 2.45) is 0 Å². The van der Waals surface area contributed by atoms with Crippen molar-refractivity contribution in [3.63, 3.8) is 0 Å². The van der Waals surface area contributed by atoms with Gasteiger partial charge >= 0.3 is 6.18 Å². The molecule has 1 N–H and O–H groups in total. The number of rotatable bonds is 3. The molecule has 3 unspecified atom stereocenters. The number of nitrogens with one attached hydrogen (secondary N) is 1. The number of H-pyrrole nitrogens is 1. The number of aryl methyl sites for hydroxylation is 1. The Labute approximate surface area is 180 Å².